The number of benzene rings is 1. The Balaban J connectivity index is 1.42. The number of para-hydroxylation sites is 2. The minimum absolute atomic E-state index is 0.0290. The van der Waals surface area contributed by atoms with Gasteiger partial charge in [0.2, 0.25) is 0 Å². The quantitative estimate of drug-likeness (QED) is 0.698. The molecule has 2 unspecified atom stereocenters. The Morgan fingerprint density at radius 1 is 1.44 bits per heavy atom. The predicted octanol–water partition coefficient (Wildman–Crippen LogP) is 2.48. The van der Waals surface area contributed by atoms with Crippen LogP contribution in [0.4, 0.5) is 10.5 Å². The van der Waals surface area contributed by atoms with E-state index in [1.807, 2.05) is 38.1 Å². The number of hydrogen-bond acceptors (Lipinski definition) is 4. The lowest BCUT2D eigenvalue weighted by molar-refractivity contribution is 0.236. The molecule has 3 N–H and O–H groups in total. The Morgan fingerprint density at radius 2 is 2.26 bits per heavy atom. The van der Waals surface area contributed by atoms with Crippen LogP contribution in [0, 0.1) is 12.8 Å². The molecule has 0 radical (unpaired) electrons. The number of aromatic amines is 1. The van der Waals surface area contributed by atoms with Gasteiger partial charge in [0.05, 0.1) is 18.5 Å². The molecule has 1 aromatic heterocycles. The summed E-state index contributed by atoms with van der Waals surface area (Å²) < 4.78 is 5.46. The van der Waals surface area contributed by atoms with Gasteiger partial charge in [-0.3, -0.25) is 5.10 Å². The average molecular weight is 371 g/mol. The van der Waals surface area contributed by atoms with E-state index in [0.717, 1.165) is 42.3 Å². The smallest absolute Gasteiger partial charge is 0.315 e. The maximum atomic E-state index is 12.2. The maximum absolute atomic E-state index is 12.2. The van der Waals surface area contributed by atoms with Crippen molar-refractivity contribution in [3.05, 3.63) is 41.7 Å². The van der Waals surface area contributed by atoms with Gasteiger partial charge in [0.15, 0.2) is 0 Å². The Kier molecular flexibility index (Phi) is 6.21. The molecule has 146 valence electrons. The molecule has 2 amide bonds. The largest absolute Gasteiger partial charge is 0.495 e. The van der Waals surface area contributed by atoms with Crippen LogP contribution >= 0.6 is 0 Å². The molecule has 27 heavy (non-hydrogen) atoms. The molecule has 7 nitrogen and oxygen atoms in total. The number of carbonyl (C=O) groups is 1. The molecule has 0 bridgehead atoms. The highest BCUT2D eigenvalue weighted by Crippen LogP contribution is 2.31. The summed E-state index contributed by atoms with van der Waals surface area (Å²) in [5.74, 6) is 1.33. The van der Waals surface area contributed by atoms with Crippen LogP contribution in [0.3, 0.4) is 0 Å². The zero-order valence-corrected chi connectivity index (χ0v) is 16.3. The number of carbonyl (C=O) groups excluding carboxylic acids is 1. The van der Waals surface area contributed by atoms with Gasteiger partial charge in [0.1, 0.15) is 5.75 Å². The fraction of sp³-hybridized carbons (Fsp3) is 0.500. The van der Waals surface area contributed by atoms with Crippen LogP contribution in [-0.4, -0.2) is 49.0 Å². The summed E-state index contributed by atoms with van der Waals surface area (Å²) >= 11 is 0. The first-order chi connectivity index (χ1) is 13.0. The molecule has 7 heteroatoms. The number of nitrogens with one attached hydrogen (secondary N) is 3. The van der Waals surface area contributed by atoms with E-state index in [-0.39, 0.29) is 12.1 Å². The molecule has 3 rings (SSSR count). The second kappa shape index (κ2) is 8.79. The number of amides is 2. The topological polar surface area (TPSA) is 82.3 Å². The van der Waals surface area contributed by atoms with Crippen molar-refractivity contribution in [2.75, 3.05) is 31.6 Å². The number of hydrogen-bond donors (Lipinski definition) is 3. The zero-order chi connectivity index (χ0) is 19.2. The number of H-pyrrole nitrogens is 1. The highest BCUT2D eigenvalue weighted by molar-refractivity contribution is 5.74. The molecule has 1 fully saturated rings. The van der Waals surface area contributed by atoms with Crippen molar-refractivity contribution in [2.45, 2.75) is 32.7 Å². The highest BCUT2D eigenvalue weighted by Gasteiger charge is 2.25. The molecule has 1 aliphatic heterocycles. The lowest BCUT2D eigenvalue weighted by Crippen LogP contribution is -2.43. The molecular weight excluding hydrogens is 342 g/mol. The number of rotatable bonds is 7. The number of urea groups is 1. The molecule has 2 heterocycles. The number of anilines is 1. The van der Waals surface area contributed by atoms with E-state index in [1.54, 1.807) is 7.11 Å². The van der Waals surface area contributed by atoms with Crippen LogP contribution in [-0.2, 0) is 6.42 Å². The standard InChI is InChI=1S/C20H29N5O2/c1-14(10-17-11-15(2)23-24-17)22-20(26)21-12-16-8-9-25(13-16)18-6-4-5-7-19(18)27-3/h4-7,11,14,16H,8-10,12-13H2,1-3H3,(H,23,24)(H2,21,22,26). The number of aryl methyl sites for hydroxylation is 1. The first-order valence-electron chi connectivity index (χ1n) is 9.48. The average Bonchev–Trinajstić information content (AvgIpc) is 3.28. The monoisotopic (exact) mass is 371 g/mol. The van der Waals surface area contributed by atoms with Crippen LogP contribution in [0.5, 0.6) is 5.75 Å². The van der Waals surface area contributed by atoms with Crippen LogP contribution < -0.4 is 20.3 Å². The summed E-state index contributed by atoms with van der Waals surface area (Å²) in [5, 5.41) is 13.1. The number of ether oxygens (including phenoxy) is 1. The third kappa shape index (κ3) is 5.15. The van der Waals surface area contributed by atoms with Crippen molar-refractivity contribution in [2.24, 2.45) is 5.92 Å². The van der Waals surface area contributed by atoms with Gasteiger partial charge >= 0.3 is 6.03 Å². The van der Waals surface area contributed by atoms with Gasteiger partial charge in [-0.25, -0.2) is 4.79 Å². The van der Waals surface area contributed by atoms with Crippen LogP contribution in [0.2, 0.25) is 0 Å². The second-order valence-corrected chi connectivity index (χ2v) is 7.27. The Hall–Kier alpha value is -2.70. The van der Waals surface area contributed by atoms with Crippen molar-refractivity contribution in [1.82, 2.24) is 20.8 Å². The number of methoxy groups -OCH3 is 1. The van der Waals surface area contributed by atoms with Gasteiger partial charge in [-0.15, -0.1) is 0 Å². The fourth-order valence-electron chi connectivity index (χ4n) is 3.56. The van der Waals surface area contributed by atoms with Crippen molar-refractivity contribution in [3.63, 3.8) is 0 Å². The first-order valence-corrected chi connectivity index (χ1v) is 9.48. The maximum Gasteiger partial charge on any atom is 0.315 e. The molecule has 1 aliphatic rings. The summed E-state index contributed by atoms with van der Waals surface area (Å²) in [7, 11) is 1.70. The van der Waals surface area contributed by atoms with Gasteiger partial charge in [0, 0.05) is 37.8 Å². The summed E-state index contributed by atoms with van der Waals surface area (Å²) in [4.78, 5) is 14.5. The Bertz CT molecular complexity index is 760. The molecule has 0 spiro atoms. The van der Waals surface area contributed by atoms with Gasteiger partial charge in [0.25, 0.3) is 0 Å². The molecular formula is C20H29N5O2. The zero-order valence-electron chi connectivity index (χ0n) is 16.3. The SMILES string of the molecule is COc1ccccc1N1CCC(CNC(=O)NC(C)Cc2cc(C)[nH]n2)C1. The van der Waals surface area contributed by atoms with Crippen LogP contribution in [0.1, 0.15) is 24.7 Å². The Morgan fingerprint density at radius 3 is 3.00 bits per heavy atom. The third-order valence-electron chi connectivity index (χ3n) is 4.91. The van der Waals surface area contributed by atoms with Crippen LogP contribution in [0.15, 0.2) is 30.3 Å². The van der Waals surface area contributed by atoms with E-state index in [2.05, 4.69) is 31.8 Å². The lowest BCUT2D eigenvalue weighted by atomic mass is 10.1. The van der Waals surface area contributed by atoms with Crippen molar-refractivity contribution in [1.29, 1.82) is 0 Å². The third-order valence-corrected chi connectivity index (χ3v) is 4.91. The molecule has 1 aromatic carbocycles. The molecule has 0 saturated carbocycles. The second-order valence-electron chi connectivity index (χ2n) is 7.27. The molecule has 0 aliphatic carbocycles. The minimum Gasteiger partial charge on any atom is -0.495 e. The molecule has 1 saturated heterocycles. The fourth-order valence-corrected chi connectivity index (χ4v) is 3.56. The van der Waals surface area contributed by atoms with E-state index >= 15 is 0 Å². The van der Waals surface area contributed by atoms with Gasteiger partial charge in [-0.05, 0) is 44.4 Å². The lowest BCUT2D eigenvalue weighted by Gasteiger charge is -2.21. The van der Waals surface area contributed by atoms with E-state index in [1.165, 1.54) is 0 Å². The number of aromatic nitrogens is 2. The summed E-state index contributed by atoms with van der Waals surface area (Å²) in [6, 6.07) is 9.98. The number of nitrogens with zero attached hydrogens (tertiary/aromatic N) is 2. The normalized spacial score (nSPS) is 17.6. The molecule has 2 aromatic rings. The highest BCUT2D eigenvalue weighted by atomic mass is 16.5. The molecule has 2 atom stereocenters. The van der Waals surface area contributed by atoms with Crippen molar-refractivity contribution < 1.29 is 9.53 Å². The van der Waals surface area contributed by atoms with Gasteiger partial charge < -0.3 is 20.3 Å². The van der Waals surface area contributed by atoms with E-state index in [4.69, 9.17) is 4.74 Å². The predicted molar refractivity (Wildman–Crippen MR) is 106 cm³/mol. The van der Waals surface area contributed by atoms with Gasteiger partial charge in [-0.1, -0.05) is 12.1 Å². The minimum atomic E-state index is -0.120. The summed E-state index contributed by atoms with van der Waals surface area (Å²) in [5.41, 5.74) is 3.11. The van der Waals surface area contributed by atoms with Gasteiger partial charge in [-0.2, -0.15) is 5.10 Å². The summed E-state index contributed by atoms with van der Waals surface area (Å²) in [6.07, 6.45) is 1.77. The summed E-state index contributed by atoms with van der Waals surface area (Å²) in [6.45, 7) is 6.53. The van der Waals surface area contributed by atoms with E-state index < -0.39 is 0 Å². The van der Waals surface area contributed by atoms with E-state index in [0.29, 0.717) is 18.9 Å². The van der Waals surface area contributed by atoms with Crippen molar-refractivity contribution in [3.8, 4) is 5.75 Å². The van der Waals surface area contributed by atoms with Crippen LogP contribution in [0.25, 0.3) is 0 Å². The Labute approximate surface area is 160 Å². The first kappa shape index (κ1) is 19.1. The van der Waals surface area contributed by atoms with Crippen molar-refractivity contribution >= 4 is 11.7 Å². The van der Waals surface area contributed by atoms with E-state index in [9.17, 15) is 4.79 Å².